The van der Waals surface area contributed by atoms with Crippen molar-refractivity contribution in [2.24, 2.45) is 0 Å². The lowest BCUT2D eigenvalue weighted by molar-refractivity contribution is -0.151. The average molecular weight is 758 g/mol. The van der Waals surface area contributed by atoms with Gasteiger partial charge in [-0.05, 0) is 83.5 Å². The number of hydrogen-bond acceptors (Lipinski definition) is 5. The minimum Gasteiger partial charge on any atom is -0.462 e. The maximum atomic E-state index is 13.1. The lowest BCUT2D eigenvalue weighted by Gasteiger charge is -2.24. The van der Waals surface area contributed by atoms with E-state index in [0.29, 0.717) is 19.3 Å². The molecule has 0 radical (unpaired) electrons. The van der Waals surface area contributed by atoms with Gasteiger partial charge in [-0.15, -0.1) is 0 Å². The predicted octanol–water partition coefficient (Wildman–Crippen LogP) is 13.1. The maximum absolute atomic E-state index is 13.1. The van der Waals surface area contributed by atoms with Crippen molar-refractivity contribution in [1.82, 2.24) is 5.32 Å². The van der Waals surface area contributed by atoms with E-state index in [2.05, 4.69) is 74.7 Å². The first-order chi connectivity index (χ1) is 26.5. The van der Waals surface area contributed by atoms with E-state index >= 15 is 0 Å². The number of aliphatic hydroxyl groups is 2. The molecule has 6 heteroatoms. The van der Waals surface area contributed by atoms with Crippen molar-refractivity contribution in [3.05, 3.63) is 48.6 Å². The SMILES string of the molecule is CCCC/C=C\CCCCCC(CC(=O)NC(CO)C(O)CCCCCCCCCCC)OC(=O)CCCCCC/C=C\C/C=C\C/C=C\CCCCC. The second-order valence-corrected chi connectivity index (χ2v) is 15.4. The van der Waals surface area contributed by atoms with E-state index in [9.17, 15) is 19.8 Å². The number of hydrogen-bond donors (Lipinski definition) is 3. The van der Waals surface area contributed by atoms with Crippen LogP contribution in [-0.2, 0) is 14.3 Å². The summed E-state index contributed by atoms with van der Waals surface area (Å²) in [4.78, 5) is 25.9. The van der Waals surface area contributed by atoms with Crippen LogP contribution in [0, 0.1) is 0 Å². The zero-order valence-electron chi connectivity index (χ0n) is 35.6. The van der Waals surface area contributed by atoms with Crippen LogP contribution in [0.3, 0.4) is 0 Å². The van der Waals surface area contributed by atoms with Crippen LogP contribution in [0.4, 0.5) is 0 Å². The fourth-order valence-corrected chi connectivity index (χ4v) is 6.59. The zero-order chi connectivity index (χ0) is 39.6. The van der Waals surface area contributed by atoms with E-state index in [-0.39, 0.29) is 24.9 Å². The molecule has 0 rings (SSSR count). The molecule has 0 fully saturated rings. The van der Waals surface area contributed by atoms with Gasteiger partial charge in [0.05, 0.1) is 25.2 Å². The van der Waals surface area contributed by atoms with Gasteiger partial charge in [0.25, 0.3) is 0 Å². The summed E-state index contributed by atoms with van der Waals surface area (Å²) in [5, 5.41) is 23.5. The quantitative estimate of drug-likeness (QED) is 0.0329. The van der Waals surface area contributed by atoms with E-state index < -0.39 is 18.2 Å². The Hall–Kier alpha value is -2.18. The molecule has 0 aliphatic heterocycles. The lowest BCUT2D eigenvalue weighted by Crippen LogP contribution is -2.46. The van der Waals surface area contributed by atoms with E-state index in [1.165, 1.54) is 77.0 Å². The standard InChI is InChI=1S/C48H87NO5/c1-4-7-10-13-16-19-20-21-22-23-24-25-26-29-32-35-38-41-48(53)54-44(39-36-33-30-27-17-14-11-8-5-2)42-47(52)49-45(43-50)46(51)40-37-34-31-28-18-15-12-9-6-3/h14,16-17,19,21-22,24-25,44-46,50-51H,4-13,15,18,20,23,26-43H2,1-3H3,(H,49,52)/b17-14-,19-16-,22-21-,25-24-. The number of esters is 1. The summed E-state index contributed by atoms with van der Waals surface area (Å²) in [7, 11) is 0. The number of rotatable bonds is 40. The van der Waals surface area contributed by atoms with Crippen LogP contribution >= 0.6 is 0 Å². The highest BCUT2D eigenvalue weighted by Gasteiger charge is 2.24. The molecule has 0 aromatic rings. The van der Waals surface area contributed by atoms with Gasteiger partial charge in [-0.2, -0.15) is 0 Å². The van der Waals surface area contributed by atoms with Crippen molar-refractivity contribution < 1.29 is 24.5 Å². The molecule has 1 amide bonds. The second-order valence-electron chi connectivity index (χ2n) is 15.4. The minimum absolute atomic E-state index is 0.0567. The number of carbonyl (C=O) groups is 2. The Morgan fingerprint density at radius 3 is 1.56 bits per heavy atom. The van der Waals surface area contributed by atoms with Gasteiger partial charge in [0.1, 0.15) is 6.10 Å². The normalized spacial score (nSPS) is 13.8. The fourth-order valence-electron chi connectivity index (χ4n) is 6.59. The van der Waals surface area contributed by atoms with Crippen molar-refractivity contribution in [2.45, 2.75) is 238 Å². The minimum atomic E-state index is -0.792. The smallest absolute Gasteiger partial charge is 0.306 e. The van der Waals surface area contributed by atoms with Crippen LogP contribution in [0.25, 0.3) is 0 Å². The first-order valence-corrected chi connectivity index (χ1v) is 22.9. The van der Waals surface area contributed by atoms with Crippen molar-refractivity contribution in [1.29, 1.82) is 0 Å². The van der Waals surface area contributed by atoms with Crippen LogP contribution in [0.2, 0.25) is 0 Å². The number of carbonyl (C=O) groups excluding carboxylic acids is 2. The molecule has 0 heterocycles. The van der Waals surface area contributed by atoms with Gasteiger partial charge in [-0.3, -0.25) is 9.59 Å². The average Bonchev–Trinajstić information content (AvgIpc) is 3.16. The summed E-state index contributed by atoms with van der Waals surface area (Å²) in [6, 6.07) is -0.707. The van der Waals surface area contributed by atoms with Crippen molar-refractivity contribution in [3.63, 3.8) is 0 Å². The third-order valence-electron chi connectivity index (χ3n) is 10.1. The molecule has 314 valence electrons. The monoisotopic (exact) mass is 758 g/mol. The molecule has 0 aliphatic rings. The summed E-state index contributed by atoms with van der Waals surface area (Å²) >= 11 is 0. The predicted molar refractivity (Wildman–Crippen MR) is 232 cm³/mol. The number of aliphatic hydroxyl groups excluding tert-OH is 2. The molecule has 0 saturated heterocycles. The van der Waals surface area contributed by atoms with Crippen molar-refractivity contribution in [2.75, 3.05) is 6.61 Å². The molecule has 54 heavy (non-hydrogen) atoms. The number of unbranched alkanes of at least 4 members (excludes halogenated alkanes) is 20. The zero-order valence-corrected chi connectivity index (χ0v) is 35.6. The molecule has 0 saturated carbocycles. The summed E-state index contributed by atoms with van der Waals surface area (Å²) in [6.07, 6.45) is 48.9. The highest BCUT2D eigenvalue weighted by molar-refractivity contribution is 5.77. The van der Waals surface area contributed by atoms with Crippen LogP contribution in [0.5, 0.6) is 0 Å². The Morgan fingerprint density at radius 2 is 0.963 bits per heavy atom. The Balaban J connectivity index is 4.56. The van der Waals surface area contributed by atoms with Gasteiger partial charge < -0.3 is 20.3 Å². The van der Waals surface area contributed by atoms with E-state index in [1.54, 1.807) is 0 Å². The van der Waals surface area contributed by atoms with Gasteiger partial charge in [-0.1, -0.05) is 172 Å². The molecule has 6 nitrogen and oxygen atoms in total. The van der Waals surface area contributed by atoms with Gasteiger partial charge in [0.15, 0.2) is 0 Å². The number of amides is 1. The molecule has 0 aromatic heterocycles. The molecule has 0 aliphatic carbocycles. The summed E-state index contributed by atoms with van der Waals surface area (Å²) in [5.74, 6) is -0.520. The number of ether oxygens (including phenoxy) is 1. The molecule has 0 aromatic carbocycles. The number of allylic oxidation sites excluding steroid dienone is 8. The molecule has 3 unspecified atom stereocenters. The first kappa shape index (κ1) is 51.8. The third-order valence-corrected chi connectivity index (χ3v) is 10.1. The van der Waals surface area contributed by atoms with Crippen LogP contribution in [0.15, 0.2) is 48.6 Å². The van der Waals surface area contributed by atoms with Gasteiger partial charge >= 0.3 is 5.97 Å². The molecular weight excluding hydrogens is 671 g/mol. The van der Waals surface area contributed by atoms with Crippen LogP contribution in [-0.4, -0.2) is 46.9 Å². The Labute approximate surface area is 334 Å². The Kier molecular flexibility index (Phi) is 40.3. The first-order valence-electron chi connectivity index (χ1n) is 22.9. The number of nitrogens with one attached hydrogen (secondary N) is 1. The molecule has 3 N–H and O–H groups in total. The largest absolute Gasteiger partial charge is 0.462 e. The van der Waals surface area contributed by atoms with E-state index in [1.807, 2.05) is 0 Å². The molecular formula is C48H87NO5. The summed E-state index contributed by atoms with van der Waals surface area (Å²) < 4.78 is 5.87. The lowest BCUT2D eigenvalue weighted by atomic mass is 10.0. The topological polar surface area (TPSA) is 95.9 Å². The van der Waals surface area contributed by atoms with Gasteiger partial charge in [0, 0.05) is 6.42 Å². The van der Waals surface area contributed by atoms with Gasteiger partial charge in [-0.25, -0.2) is 0 Å². The van der Waals surface area contributed by atoms with Crippen molar-refractivity contribution in [3.8, 4) is 0 Å². The van der Waals surface area contributed by atoms with Crippen molar-refractivity contribution >= 4 is 11.9 Å². The van der Waals surface area contributed by atoms with Crippen LogP contribution in [0.1, 0.15) is 220 Å². The molecule has 0 bridgehead atoms. The fraction of sp³-hybridized carbons (Fsp3) is 0.792. The highest BCUT2D eigenvalue weighted by atomic mass is 16.5. The van der Waals surface area contributed by atoms with Gasteiger partial charge in [0.2, 0.25) is 5.91 Å². The summed E-state index contributed by atoms with van der Waals surface area (Å²) in [5.41, 5.74) is 0. The maximum Gasteiger partial charge on any atom is 0.306 e. The summed E-state index contributed by atoms with van der Waals surface area (Å²) in [6.45, 7) is 6.36. The van der Waals surface area contributed by atoms with E-state index in [4.69, 9.17) is 4.74 Å². The molecule has 0 spiro atoms. The third kappa shape index (κ3) is 36.8. The second kappa shape index (κ2) is 42.0. The Bertz CT molecular complexity index is 941. The van der Waals surface area contributed by atoms with E-state index in [0.717, 1.165) is 96.3 Å². The highest BCUT2D eigenvalue weighted by Crippen LogP contribution is 2.16. The molecule has 3 atom stereocenters. The van der Waals surface area contributed by atoms with Crippen LogP contribution < -0.4 is 5.32 Å². The Morgan fingerprint density at radius 1 is 0.537 bits per heavy atom.